The summed E-state index contributed by atoms with van der Waals surface area (Å²) in [6.45, 7) is 0.0281. The number of nitrogens with one attached hydrogen (secondary N) is 1. The molecule has 1 amide bonds. The lowest BCUT2D eigenvalue weighted by Crippen LogP contribution is -2.20. The molecule has 0 unspecified atom stereocenters. The first-order valence-corrected chi connectivity index (χ1v) is 8.47. The van der Waals surface area contributed by atoms with Crippen LogP contribution in [-0.2, 0) is 11.2 Å². The Morgan fingerprint density at radius 1 is 1.07 bits per heavy atom. The van der Waals surface area contributed by atoms with E-state index in [0.717, 1.165) is 5.56 Å². The fourth-order valence-corrected chi connectivity index (χ4v) is 2.58. The monoisotopic (exact) mass is 383 g/mol. The minimum atomic E-state index is -0.408. The summed E-state index contributed by atoms with van der Waals surface area (Å²) in [5.74, 6) is 2.60. The van der Waals surface area contributed by atoms with Crippen molar-refractivity contribution in [1.29, 1.82) is 0 Å². The van der Waals surface area contributed by atoms with Crippen LogP contribution in [0.1, 0.15) is 11.5 Å². The van der Waals surface area contributed by atoms with Gasteiger partial charge in [-0.05, 0) is 42.0 Å². The number of amides is 1. The van der Waals surface area contributed by atoms with Crippen molar-refractivity contribution in [3.05, 3.63) is 53.9 Å². The Bertz CT molecular complexity index is 970. The smallest absolute Gasteiger partial charge is 0.322 e. The molecule has 144 valence electrons. The lowest BCUT2D eigenvalue weighted by molar-refractivity contribution is -0.118. The van der Waals surface area contributed by atoms with Crippen LogP contribution in [0.15, 0.2) is 46.9 Å². The van der Waals surface area contributed by atoms with Gasteiger partial charge >= 0.3 is 6.01 Å². The predicted octanol–water partition coefficient (Wildman–Crippen LogP) is 2.42. The minimum absolute atomic E-state index is 0.0130. The van der Waals surface area contributed by atoms with E-state index < -0.39 is 5.91 Å². The zero-order chi connectivity index (χ0) is 19.3. The van der Waals surface area contributed by atoms with E-state index in [1.807, 2.05) is 18.2 Å². The van der Waals surface area contributed by atoms with Crippen molar-refractivity contribution < 1.29 is 28.2 Å². The van der Waals surface area contributed by atoms with Crippen molar-refractivity contribution in [3.8, 4) is 23.0 Å². The first kappa shape index (κ1) is 17.7. The van der Waals surface area contributed by atoms with Crippen LogP contribution in [-0.4, -0.2) is 36.6 Å². The molecule has 9 nitrogen and oxygen atoms in total. The molecular weight excluding hydrogens is 366 g/mol. The fourth-order valence-electron chi connectivity index (χ4n) is 2.58. The summed E-state index contributed by atoms with van der Waals surface area (Å²) in [5, 5.41) is 10.3. The summed E-state index contributed by atoms with van der Waals surface area (Å²) in [5.41, 5.74) is 0.925. The molecule has 0 spiro atoms. The molecule has 0 saturated heterocycles. The van der Waals surface area contributed by atoms with E-state index in [9.17, 15) is 4.79 Å². The second kappa shape index (κ2) is 7.87. The second-order valence-corrected chi connectivity index (χ2v) is 5.88. The van der Waals surface area contributed by atoms with E-state index in [-0.39, 0.29) is 19.4 Å². The van der Waals surface area contributed by atoms with Gasteiger partial charge in [0.05, 0.1) is 13.5 Å². The van der Waals surface area contributed by atoms with Crippen molar-refractivity contribution in [3.63, 3.8) is 0 Å². The molecule has 0 bridgehead atoms. The van der Waals surface area contributed by atoms with E-state index in [1.54, 1.807) is 31.4 Å². The average Bonchev–Trinajstić information content (AvgIpc) is 3.35. The lowest BCUT2D eigenvalue weighted by atomic mass is 10.1. The molecule has 0 saturated carbocycles. The Balaban J connectivity index is 1.29. The quantitative estimate of drug-likeness (QED) is 0.663. The molecule has 0 radical (unpaired) electrons. The highest BCUT2D eigenvalue weighted by Gasteiger charge is 2.15. The topological polar surface area (TPSA) is 105 Å². The Kier molecular flexibility index (Phi) is 4.96. The van der Waals surface area contributed by atoms with Crippen molar-refractivity contribution in [2.24, 2.45) is 0 Å². The van der Waals surface area contributed by atoms with E-state index in [0.29, 0.717) is 35.3 Å². The molecular formula is C19H17N3O6. The van der Waals surface area contributed by atoms with Gasteiger partial charge in [0, 0.05) is 0 Å². The van der Waals surface area contributed by atoms with Gasteiger partial charge in [-0.1, -0.05) is 11.2 Å². The summed E-state index contributed by atoms with van der Waals surface area (Å²) in [7, 11) is 1.58. The van der Waals surface area contributed by atoms with Gasteiger partial charge in [0.2, 0.25) is 12.7 Å². The molecule has 3 aromatic rings. The second-order valence-electron chi connectivity index (χ2n) is 5.88. The summed E-state index contributed by atoms with van der Waals surface area (Å²) in [6, 6.07) is 12.5. The Labute approximate surface area is 160 Å². The Morgan fingerprint density at radius 2 is 1.86 bits per heavy atom. The zero-order valence-electron chi connectivity index (χ0n) is 15.0. The largest absolute Gasteiger partial charge is 0.497 e. The number of rotatable bonds is 7. The third kappa shape index (κ3) is 4.14. The first-order valence-electron chi connectivity index (χ1n) is 8.47. The van der Waals surface area contributed by atoms with E-state index in [4.69, 9.17) is 23.4 Å². The Morgan fingerprint density at radius 3 is 2.68 bits per heavy atom. The van der Waals surface area contributed by atoms with Gasteiger partial charge in [0.1, 0.15) is 11.5 Å². The maximum atomic E-state index is 12.0. The van der Waals surface area contributed by atoms with Crippen molar-refractivity contribution in [1.82, 2.24) is 10.2 Å². The summed E-state index contributed by atoms with van der Waals surface area (Å²) in [4.78, 5) is 12.0. The number of hydrogen-bond donors (Lipinski definition) is 1. The number of hydrogen-bond acceptors (Lipinski definition) is 8. The third-order valence-corrected chi connectivity index (χ3v) is 3.93. The van der Waals surface area contributed by atoms with Crippen LogP contribution in [0.5, 0.6) is 23.0 Å². The molecule has 0 aliphatic carbocycles. The minimum Gasteiger partial charge on any atom is -0.497 e. The molecule has 28 heavy (non-hydrogen) atoms. The van der Waals surface area contributed by atoms with Gasteiger partial charge in [0.25, 0.3) is 5.91 Å². The highest BCUT2D eigenvalue weighted by molar-refractivity contribution is 5.89. The van der Waals surface area contributed by atoms with Crippen molar-refractivity contribution >= 4 is 11.9 Å². The molecule has 0 fully saturated rings. The standard InChI is InChI=1S/C19H17N3O6/c1-24-13-3-5-14(6-4-13)25-10-17(23)20-19-22-21-18(28-19)9-12-2-7-15-16(8-12)27-11-26-15/h2-8H,9-11H2,1H3,(H,20,22,23). The number of carbonyl (C=O) groups excluding carboxylic acids is 1. The molecule has 4 rings (SSSR count). The van der Waals surface area contributed by atoms with Crippen LogP contribution in [0, 0.1) is 0 Å². The summed E-state index contributed by atoms with van der Waals surface area (Å²) < 4.78 is 26.6. The zero-order valence-corrected chi connectivity index (χ0v) is 15.0. The van der Waals surface area contributed by atoms with Gasteiger partial charge in [0.15, 0.2) is 18.1 Å². The summed E-state index contributed by atoms with van der Waals surface area (Å²) in [6.07, 6.45) is 0.405. The number of aromatic nitrogens is 2. The Hall–Kier alpha value is -3.75. The normalized spacial score (nSPS) is 11.9. The average molecular weight is 383 g/mol. The number of fused-ring (bicyclic) bond motifs is 1. The molecule has 9 heteroatoms. The molecule has 1 N–H and O–H groups in total. The number of anilines is 1. The van der Waals surface area contributed by atoms with Crippen molar-refractivity contribution in [2.45, 2.75) is 6.42 Å². The van der Waals surface area contributed by atoms with Crippen LogP contribution >= 0.6 is 0 Å². The third-order valence-electron chi connectivity index (χ3n) is 3.93. The maximum Gasteiger partial charge on any atom is 0.322 e. The molecule has 2 aromatic carbocycles. The van der Waals surface area contributed by atoms with Crippen molar-refractivity contribution in [2.75, 3.05) is 25.8 Å². The predicted molar refractivity (Wildman–Crippen MR) is 96.8 cm³/mol. The molecule has 1 aromatic heterocycles. The van der Waals surface area contributed by atoms with E-state index in [1.165, 1.54) is 0 Å². The van der Waals surface area contributed by atoms with Gasteiger partial charge in [-0.25, -0.2) is 0 Å². The maximum absolute atomic E-state index is 12.0. The number of nitrogens with zero attached hydrogens (tertiary/aromatic N) is 2. The van der Waals surface area contributed by atoms with Gasteiger partial charge in [-0.15, -0.1) is 5.10 Å². The first-order chi connectivity index (χ1) is 13.7. The van der Waals surface area contributed by atoms with Crippen LogP contribution in [0.2, 0.25) is 0 Å². The highest BCUT2D eigenvalue weighted by atomic mass is 16.7. The SMILES string of the molecule is COc1ccc(OCC(=O)Nc2nnc(Cc3ccc4c(c3)OCO4)o2)cc1. The van der Waals surface area contributed by atoms with Crippen LogP contribution in [0.4, 0.5) is 6.01 Å². The molecule has 0 atom stereocenters. The highest BCUT2D eigenvalue weighted by Crippen LogP contribution is 2.33. The van der Waals surface area contributed by atoms with Gasteiger partial charge < -0.3 is 23.4 Å². The fraction of sp³-hybridized carbons (Fsp3) is 0.211. The number of ether oxygens (including phenoxy) is 4. The van der Waals surface area contributed by atoms with Gasteiger partial charge in [-0.3, -0.25) is 10.1 Å². The number of benzene rings is 2. The molecule has 2 heterocycles. The van der Waals surface area contributed by atoms with E-state index >= 15 is 0 Å². The van der Waals surface area contributed by atoms with E-state index in [2.05, 4.69) is 15.5 Å². The van der Waals surface area contributed by atoms with Crippen LogP contribution in [0.25, 0.3) is 0 Å². The lowest BCUT2D eigenvalue weighted by Gasteiger charge is -2.06. The molecule has 1 aliphatic rings. The number of methoxy groups -OCH3 is 1. The molecule has 1 aliphatic heterocycles. The number of carbonyl (C=O) groups is 1. The van der Waals surface area contributed by atoms with Crippen LogP contribution < -0.4 is 24.3 Å². The van der Waals surface area contributed by atoms with Crippen LogP contribution in [0.3, 0.4) is 0 Å². The summed E-state index contributed by atoms with van der Waals surface area (Å²) >= 11 is 0. The van der Waals surface area contributed by atoms with Gasteiger partial charge in [-0.2, -0.15) is 0 Å².